The number of rotatable bonds is 7. The molecule has 2 N–H and O–H groups in total. The van der Waals surface area contributed by atoms with Gasteiger partial charge in [-0.05, 0) is 49.2 Å². The summed E-state index contributed by atoms with van der Waals surface area (Å²) in [5.41, 5.74) is 2.35. The summed E-state index contributed by atoms with van der Waals surface area (Å²) in [6.07, 6.45) is 4.39. The topological polar surface area (TPSA) is 76.0 Å². The SMILES string of the molecule is C[C@@H](C(=O)Nc1cccc(NC(=O)CCc2ccccc2Br)c1)n1cccn1. The van der Waals surface area contributed by atoms with Crippen LogP contribution in [0.2, 0.25) is 0 Å². The first-order valence-corrected chi connectivity index (χ1v) is 9.75. The second-order valence-corrected chi connectivity index (χ2v) is 7.23. The van der Waals surface area contributed by atoms with Crippen LogP contribution in [0, 0.1) is 0 Å². The third-order valence-corrected chi connectivity index (χ3v) is 5.07. The highest BCUT2D eigenvalue weighted by Crippen LogP contribution is 2.19. The van der Waals surface area contributed by atoms with E-state index in [2.05, 4.69) is 31.7 Å². The Balaban J connectivity index is 1.56. The second kappa shape index (κ2) is 9.32. The van der Waals surface area contributed by atoms with E-state index < -0.39 is 6.04 Å². The Labute approximate surface area is 172 Å². The molecule has 3 rings (SSSR count). The molecule has 2 amide bonds. The zero-order chi connectivity index (χ0) is 19.9. The van der Waals surface area contributed by atoms with Crippen LogP contribution in [0.4, 0.5) is 11.4 Å². The zero-order valence-electron chi connectivity index (χ0n) is 15.4. The molecule has 0 aliphatic heterocycles. The Morgan fingerprint density at radius 1 is 1.07 bits per heavy atom. The van der Waals surface area contributed by atoms with Crippen molar-refractivity contribution >= 4 is 39.1 Å². The third-order valence-electron chi connectivity index (χ3n) is 4.29. The summed E-state index contributed by atoms with van der Waals surface area (Å²) in [6.45, 7) is 1.77. The molecule has 0 aliphatic carbocycles. The van der Waals surface area contributed by atoms with Crippen LogP contribution in [-0.4, -0.2) is 21.6 Å². The molecule has 0 saturated carbocycles. The van der Waals surface area contributed by atoms with E-state index in [1.54, 1.807) is 54.3 Å². The quantitative estimate of drug-likeness (QED) is 0.570. The zero-order valence-corrected chi connectivity index (χ0v) is 17.0. The van der Waals surface area contributed by atoms with Gasteiger partial charge in [-0.25, -0.2) is 0 Å². The maximum absolute atomic E-state index is 12.4. The molecule has 0 spiro atoms. The number of aryl methyl sites for hydroxylation is 1. The largest absolute Gasteiger partial charge is 0.326 e. The summed E-state index contributed by atoms with van der Waals surface area (Å²) in [5, 5.41) is 9.81. The van der Waals surface area contributed by atoms with E-state index in [4.69, 9.17) is 0 Å². The third kappa shape index (κ3) is 5.29. The minimum atomic E-state index is -0.433. The standard InChI is InChI=1S/C21H21BrN4O2/c1-15(26-13-5-12-23-26)21(28)25-18-8-4-7-17(14-18)24-20(27)11-10-16-6-2-3-9-19(16)22/h2-9,12-15H,10-11H2,1H3,(H,24,27)(H,25,28)/t15-/m0/s1. The normalized spacial score (nSPS) is 11.6. The summed E-state index contributed by atoms with van der Waals surface area (Å²) >= 11 is 3.49. The minimum Gasteiger partial charge on any atom is -0.326 e. The van der Waals surface area contributed by atoms with Crippen molar-refractivity contribution in [3.63, 3.8) is 0 Å². The summed E-state index contributed by atoms with van der Waals surface area (Å²) in [6, 6.07) is 16.3. The van der Waals surface area contributed by atoms with Crippen LogP contribution in [0.25, 0.3) is 0 Å². The van der Waals surface area contributed by atoms with Crippen LogP contribution in [0.3, 0.4) is 0 Å². The number of nitrogens with zero attached hydrogens (tertiary/aromatic N) is 2. The predicted octanol–water partition coefficient (Wildman–Crippen LogP) is 4.42. The molecule has 0 aliphatic rings. The Kier molecular flexibility index (Phi) is 6.60. The molecule has 6 nitrogen and oxygen atoms in total. The lowest BCUT2D eigenvalue weighted by molar-refractivity contribution is -0.119. The van der Waals surface area contributed by atoms with Crippen LogP contribution < -0.4 is 10.6 Å². The number of hydrogen-bond acceptors (Lipinski definition) is 3. The lowest BCUT2D eigenvalue weighted by atomic mass is 10.1. The van der Waals surface area contributed by atoms with Crippen molar-refractivity contribution in [2.45, 2.75) is 25.8 Å². The number of amides is 2. The van der Waals surface area contributed by atoms with Crippen LogP contribution in [-0.2, 0) is 16.0 Å². The van der Waals surface area contributed by atoms with Gasteiger partial charge in [0.15, 0.2) is 0 Å². The Bertz CT molecular complexity index is 957. The van der Waals surface area contributed by atoms with E-state index in [0.717, 1.165) is 10.0 Å². The first-order valence-electron chi connectivity index (χ1n) is 8.96. The Hall–Kier alpha value is -2.93. The summed E-state index contributed by atoms with van der Waals surface area (Å²) < 4.78 is 2.58. The molecular formula is C21H21BrN4O2. The van der Waals surface area contributed by atoms with E-state index in [9.17, 15) is 9.59 Å². The number of carbonyl (C=O) groups is 2. The maximum atomic E-state index is 12.4. The highest BCUT2D eigenvalue weighted by Gasteiger charge is 2.15. The molecule has 144 valence electrons. The number of benzene rings is 2. The summed E-state index contributed by atoms with van der Waals surface area (Å²) in [7, 11) is 0. The first kappa shape index (κ1) is 19.8. The van der Waals surface area contributed by atoms with Gasteiger partial charge in [0.25, 0.3) is 0 Å². The van der Waals surface area contributed by atoms with Gasteiger partial charge in [0.05, 0.1) is 0 Å². The van der Waals surface area contributed by atoms with Crippen LogP contribution in [0.5, 0.6) is 0 Å². The van der Waals surface area contributed by atoms with Crippen LogP contribution >= 0.6 is 15.9 Å². The molecule has 3 aromatic rings. The van der Waals surface area contributed by atoms with Gasteiger partial charge in [0.2, 0.25) is 11.8 Å². The predicted molar refractivity (Wildman–Crippen MR) is 113 cm³/mol. The average Bonchev–Trinajstić information content (AvgIpc) is 3.22. The molecule has 0 unspecified atom stereocenters. The van der Waals surface area contributed by atoms with Crippen LogP contribution in [0.15, 0.2) is 71.5 Å². The van der Waals surface area contributed by atoms with E-state index >= 15 is 0 Å². The van der Waals surface area contributed by atoms with Crippen molar-refractivity contribution in [1.82, 2.24) is 9.78 Å². The van der Waals surface area contributed by atoms with Gasteiger partial charge in [-0.15, -0.1) is 0 Å². The van der Waals surface area contributed by atoms with Crippen molar-refractivity contribution in [3.8, 4) is 0 Å². The fourth-order valence-corrected chi connectivity index (χ4v) is 3.21. The molecule has 1 aromatic heterocycles. The number of halogens is 1. The first-order chi connectivity index (χ1) is 13.5. The molecule has 2 aromatic carbocycles. The van der Waals surface area contributed by atoms with Gasteiger partial charge in [-0.3, -0.25) is 14.3 Å². The molecule has 7 heteroatoms. The summed E-state index contributed by atoms with van der Waals surface area (Å²) in [5.74, 6) is -0.259. The van der Waals surface area contributed by atoms with Crippen molar-refractivity contribution in [3.05, 3.63) is 77.0 Å². The second-order valence-electron chi connectivity index (χ2n) is 6.37. The van der Waals surface area contributed by atoms with Crippen molar-refractivity contribution in [1.29, 1.82) is 0 Å². The molecule has 0 saturated heterocycles. The molecule has 0 radical (unpaired) electrons. The highest BCUT2D eigenvalue weighted by atomic mass is 79.9. The van der Waals surface area contributed by atoms with Gasteiger partial charge in [-0.2, -0.15) is 5.10 Å². The minimum absolute atomic E-state index is 0.0795. The van der Waals surface area contributed by atoms with Crippen LogP contribution in [0.1, 0.15) is 24.9 Å². The fourth-order valence-electron chi connectivity index (χ4n) is 2.72. The molecular weight excluding hydrogens is 420 g/mol. The van der Waals surface area contributed by atoms with Gasteiger partial charge in [-0.1, -0.05) is 40.2 Å². The number of nitrogens with one attached hydrogen (secondary N) is 2. The van der Waals surface area contributed by atoms with Gasteiger partial charge in [0, 0.05) is 34.7 Å². The number of carbonyl (C=O) groups excluding carboxylic acids is 2. The van der Waals surface area contributed by atoms with Gasteiger partial charge >= 0.3 is 0 Å². The van der Waals surface area contributed by atoms with E-state index in [0.29, 0.717) is 24.2 Å². The number of aromatic nitrogens is 2. The van der Waals surface area contributed by atoms with Crippen molar-refractivity contribution < 1.29 is 9.59 Å². The maximum Gasteiger partial charge on any atom is 0.248 e. The lowest BCUT2D eigenvalue weighted by Crippen LogP contribution is -2.24. The molecule has 28 heavy (non-hydrogen) atoms. The van der Waals surface area contributed by atoms with Gasteiger partial charge in [0.1, 0.15) is 6.04 Å². The number of anilines is 2. The smallest absolute Gasteiger partial charge is 0.248 e. The fraction of sp³-hybridized carbons (Fsp3) is 0.190. The monoisotopic (exact) mass is 440 g/mol. The summed E-state index contributed by atoms with van der Waals surface area (Å²) in [4.78, 5) is 24.6. The van der Waals surface area contributed by atoms with Gasteiger partial charge < -0.3 is 10.6 Å². The Morgan fingerprint density at radius 2 is 1.82 bits per heavy atom. The Morgan fingerprint density at radius 3 is 2.54 bits per heavy atom. The molecule has 0 bridgehead atoms. The van der Waals surface area contributed by atoms with E-state index in [-0.39, 0.29) is 11.8 Å². The number of hydrogen-bond donors (Lipinski definition) is 2. The van der Waals surface area contributed by atoms with Crippen molar-refractivity contribution in [2.75, 3.05) is 10.6 Å². The molecule has 1 atom stereocenters. The van der Waals surface area contributed by atoms with E-state index in [1.807, 2.05) is 24.3 Å². The lowest BCUT2D eigenvalue weighted by Gasteiger charge is -2.13. The van der Waals surface area contributed by atoms with Crippen molar-refractivity contribution in [2.24, 2.45) is 0 Å². The highest BCUT2D eigenvalue weighted by molar-refractivity contribution is 9.10. The van der Waals surface area contributed by atoms with E-state index in [1.165, 1.54) is 0 Å². The molecule has 1 heterocycles. The molecule has 0 fully saturated rings. The average molecular weight is 441 g/mol.